The summed E-state index contributed by atoms with van der Waals surface area (Å²) in [6.45, 7) is 6.70. The first kappa shape index (κ1) is 14.7. The van der Waals surface area contributed by atoms with E-state index in [1.807, 2.05) is 11.0 Å². The molecule has 0 spiro atoms. The zero-order valence-electron chi connectivity index (χ0n) is 12.3. The predicted molar refractivity (Wildman–Crippen MR) is 83.2 cm³/mol. The van der Waals surface area contributed by atoms with E-state index in [0.29, 0.717) is 0 Å². The minimum atomic E-state index is 0.102. The van der Waals surface area contributed by atoms with E-state index >= 15 is 0 Å². The average Bonchev–Trinajstić information content (AvgIpc) is 3.02. The van der Waals surface area contributed by atoms with Crippen LogP contribution in [0, 0.1) is 0 Å². The van der Waals surface area contributed by atoms with Gasteiger partial charge in [0.1, 0.15) is 0 Å². The summed E-state index contributed by atoms with van der Waals surface area (Å²) in [6.07, 6.45) is 3.26. The van der Waals surface area contributed by atoms with Crippen LogP contribution < -0.4 is 10.2 Å². The van der Waals surface area contributed by atoms with Gasteiger partial charge in [-0.15, -0.1) is 0 Å². The number of amides is 2. The van der Waals surface area contributed by atoms with Gasteiger partial charge in [-0.25, -0.2) is 4.79 Å². The van der Waals surface area contributed by atoms with Crippen LogP contribution in [0.4, 0.5) is 10.5 Å². The van der Waals surface area contributed by atoms with E-state index < -0.39 is 0 Å². The second kappa shape index (κ2) is 7.78. The van der Waals surface area contributed by atoms with E-state index in [1.54, 1.807) is 0 Å². The molecule has 1 aromatic rings. The molecule has 1 heterocycles. The maximum Gasteiger partial charge on any atom is 0.317 e. The Morgan fingerprint density at radius 1 is 1.25 bits per heavy atom. The molecule has 0 bridgehead atoms. The Morgan fingerprint density at radius 2 is 1.95 bits per heavy atom. The molecule has 110 valence electrons. The maximum atomic E-state index is 11.8. The van der Waals surface area contributed by atoms with Crippen molar-refractivity contribution in [1.29, 1.82) is 0 Å². The SMILES string of the molecule is CCN(CCCNC(=O)N1CCCC1)c1ccccc1. The molecule has 0 aromatic heterocycles. The van der Waals surface area contributed by atoms with E-state index in [-0.39, 0.29) is 6.03 Å². The van der Waals surface area contributed by atoms with Crippen LogP contribution in [0.2, 0.25) is 0 Å². The van der Waals surface area contributed by atoms with Crippen molar-refractivity contribution < 1.29 is 4.79 Å². The number of anilines is 1. The summed E-state index contributed by atoms with van der Waals surface area (Å²) in [4.78, 5) is 16.1. The van der Waals surface area contributed by atoms with Gasteiger partial charge in [-0.1, -0.05) is 18.2 Å². The number of hydrogen-bond donors (Lipinski definition) is 1. The zero-order valence-corrected chi connectivity index (χ0v) is 12.3. The Hall–Kier alpha value is -1.71. The van der Waals surface area contributed by atoms with Gasteiger partial charge in [0.05, 0.1) is 0 Å². The summed E-state index contributed by atoms with van der Waals surface area (Å²) < 4.78 is 0. The third-order valence-corrected chi connectivity index (χ3v) is 3.78. The van der Waals surface area contributed by atoms with Gasteiger partial charge in [-0.3, -0.25) is 0 Å². The maximum absolute atomic E-state index is 11.8. The Bertz CT molecular complexity index is 401. The second-order valence-electron chi connectivity index (χ2n) is 5.19. The summed E-state index contributed by atoms with van der Waals surface area (Å²) in [5, 5.41) is 3.02. The van der Waals surface area contributed by atoms with Crippen molar-refractivity contribution in [3.8, 4) is 0 Å². The summed E-state index contributed by atoms with van der Waals surface area (Å²) in [5.41, 5.74) is 1.25. The van der Waals surface area contributed by atoms with Gasteiger partial charge < -0.3 is 15.1 Å². The highest BCUT2D eigenvalue weighted by Gasteiger charge is 2.16. The van der Waals surface area contributed by atoms with Crippen molar-refractivity contribution in [2.45, 2.75) is 26.2 Å². The zero-order chi connectivity index (χ0) is 14.2. The number of likely N-dealkylation sites (tertiary alicyclic amines) is 1. The van der Waals surface area contributed by atoms with Crippen LogP contribution in [0.5, 0.6) is 0 Å². The van der Waals surface area contributed by atoms with E-state index in [2.05, 4.69) is 41.4 Å². The van der Waals surface area contributed by atoms with Crippen molar-refractivity contribution in [3.05, 3.63) is 30.3 Å². The molecule has 20 heavy (non-hydrogen) atoms. The van der Waals surface area contributed by atoms with Crippen LogP contribution in [0.1, 0.15) is 26.2 Å². The van der Waals surface area contributed by atoms with Crippen LogP contribution in [0.25, 0.3) is 0 Å². The number of nitrogens with zero attached hydrogens (tertiary/aromatic N) is 2. The van der Waals surface area contributed by atoms with E-state index in [9.17, 15) is 4.79 Å². The fourth-order valence-corrected chi connectivity index (χ4v) is 2.61. The summed E-state index contributed by atoms with van der Waals surface area (Å²) >= 11 is 0. The standard InChI is InChI=1S/C16H25N3O/c1-2-18(15-9-4-3-5-10-15)14-8-11-17-16(20)19-12-6-7-13-19/h3-5,9-10H,2,6-8,11-14H2,1H3,(H,17,20). The first-order valence-corrected chi connectivity index (χ1v) is 7.64. The first-order valence-electron chi connectivity index (χ1n) is 7.64. The molecule has 0 aliphatic carbocycles. The fourth-order valence-electron chi connectivity index (χ4n) is 2.61. The van der Waals surface area contributed by atoms with Gasteiger partial charge in [0.2, 0.25) is 0 Å². The monoisotopic (exact) mass is 275 g/mol. The molecule has 1 N–H and O–H groups in total. The molecular formula is C16H25N3O. The van der Waals surface area contributed by atoms with Gasteiger partial charge in [-0.2, -0.15) is 0 Å². The number of carbonyl (C=O) groups is 1. The number of hydrogen-bond acceptors (Lipinski definition) is 2. The molecule has 1 saturated heterocycles. The van der Waals surface area contributed by atoms with Crippen molar-refractivity contribution in [3.63, 3.8) is 0 Å². The Labute approximate surface area is 121 Å². The lowest BCUT2D eigenvalue weighted by Crippen LogP contribution is -2.39. The molecule has 2 rings (SSSR count). The van der Waals surface area contributed by atoms with Crippen molar-refractivity contribution in [2.75, 3.05) is 37.6 Å². The molecular weight excluding hydrogens is 250 g/mol. The predicted octanol–water partition coefficient (Wildman–Crippen LogP) is 2.71. The largest absolute Gasteiger partial charge is 0.372 e. The molecule has 1 aromatic carbocycles. The topological polar surface area (TPSA) is 35.6 Å². The Morgan fingerprint density at radius 3 is 2.60 bits per heavy atom. The van der Waals surface area contributed by atoms with Crippen LogP contribution >= 0.6 is 0 Å². The Kier molecular flexibility index (Phi) is 5.71. The normalized spacial score (nSPS) is 14.3. The minimum absolute atomic E-state index is 0.102. The number of benzene rings is 1. The summed E-state index contributed by atoms with van der Waals surface area (Å²) in [6, 6.07) is 10.5. The number of para-hydroxylation sites is 1. The first-order chi connectivity index (χ1) is 9.81. The molecule has 1 fully saturated rings. The number of rotatable bonds is 6. The molecule has 0 atom stereocenters. The van der Waals surface area contributed by atoms with E-state index in [4.69, 9.17) is 0 Å². The molecule has 0 unspecified atom stereocenters. The lowest BCUT2D eigenvalue weighted by Gasteiger charge is -2.23. The van der Waals surface area contributed by atoms with Crippen LogP contribution in [-0.2, 0) is 0 Å². The molecule has 1 aliphatic heterocycles. The van der Waals surface area contributed by atoms with Crippen molar-refractivity contribution in [2.24, 2.45) is 0 Å². The minimum Gasteiger partial charge on any atom is -0.372 e. The van der Waals surface area contributed by atoms with E-state index in [0.717, 1.165) is 52.0 Å². The highest BCUT2D eigenvalue weighted by atomic mass is 16.2. The Balaban J connectivity index is 1.68. The summed E-state index contributed by atoms with van der Waals surface area (Å²) in [7, 11) is 0. The molecule has 0 saturated carbocycles. The lowest BCUT2D eigenvalue weighted by molar-refractivity contribution is 0.209. The van der Waals surface area contributed by atoms with Crippen LogP contribution in [0.15, 0.2) is 30.3 Å². The molecule has 0 radical (unpaired) electrons. The van der Waals surface area contributed by atoms with Gasteiger partial charge in [-0.05, 0) is 38.3 Å². The fraction of sp³-hybridized carbons (Fsp3) is 0.562. The van der Waals surface area contributed by atoms with Crippen LogP contribution in [0.3, 0.4) is 0 Å². The van der Waals surface area contributed by atoms with Gasteiger partial charge in [0.25, 0.3) is 0 Å². The van der Waals surface area contributed by atoms with E-state index in [1.165, 1.54) is 5.69 Å². The highest BCUT2D eigenvalue weighted by molar-refractivity contribution is 5.74. The molecule has 1 aliphatic rings. The van der Waals surface area contributed by atoms with Gasteiger partial charge >= 0.3 is 6.03 Å². The highest BCUT2D eigenvalue weighted by Crippen LogP contribution is 2.12. The summed E-state index contributed by atoms with van der Waals surface area (Å²) in [5.74, 6) is 0. The quantitative estimate of drug-likeness (QED) is 0.810. The second-order valence-corrected chi connectivity index (χ2v) is 5.19. The third kappa shape index (κ3) is 4.15. The van der Waals surface area contributed by atoms with Gasteiger partial charge in [0.15, 0.2) is 0 Å². The molecule has 2 amide bonds. The lowest BCUT2D eigenvalue weighted by atomic mass is 10.2. The smallest absolute Gasteiger partial charge is 0.317 e. The van der Waals surface area contributed by atoms with Crippen molar-refractivity contribution >= 4 is 11.7 Å². The molecule has 4 heteroatoms. The van der Waals surface area contributed by atoms with Crippen molar-refractivity contribution in [1.82, 2.24) is 10.2 Å². The van der Waals surface area contributed by atoms with Crippen LogP contribution in [-0.4, -0.2) is 43.7 Å². The molecule has 4 nitrogen and oxygen atoms in total. The third-order valence-electron chi connectivity index (χ3n) is 3.78. The number of carbonyl (C=O) groups excluding carboxylic acids is 1. The van der Waals surface area contributed by atoms with Gasteiger partial charge in [0, 0.05) is 38.4 Å². The number of urea groups is 1. The average molecular weight is 275 g/mol. The number of nitrogens with one attached hydrogen (secondary N) is 1.